The number of nitrogens with zero attached hydrogens (tertiary/aromatic N) is 1. The van der Waals surface area contributed by atoms with Crippen LogP contribution < -0.4 is 10.6 Å². The number of hydrogen-bond acceptors (Lipinski definition) is 5. The molecule has 0 radical (unpaired) electrons. The fourth-order valence-corrected chi connectivity index (χ4v) is 3.99. The molecule has 0 aromatic carbocycles. The normalized spacial score (nSPS) is 14.8. The Balaban J connectivity index is 1.75. The number of methoxy groups -OCH3 is 1. The molecule has 0 unspecified atom stereocenters. The largest absolute Gasteiger partial charge is 0.453 e. The second-order valence-corrected chi connectivity index (χ2v) is 7.60. The lowest BCUT2D eigenvalue weighted by Gasteiger charge is -2.20. The van der Waals surface area contributed by atoms with Gasteiger partial charge in [0.25, 0.3) is 0 Å². The fourth-order valence-electron chi connectivity index (χ4n) is 2.79. The molecule has 0 bridgehead atoms. The first-order valence-corrected chi connectivity index (χ1v) is 9.42. The smallest absolute Gasteiger partial charge is 0.407 e. The summed E-state index contributed by atoms with van der Waals surface area (Å²) in [5, 5.41) is 6.64. The number of fused-ring (bicyclic) bond motifs is 1. The number of thiazole rings is 1. The molecular weight excluding hydrogens is 326 g/mol. The van der Waals surface area contributed by atoms with E-state index in [1.807, 2.05) is 25.2 Å². The monoisotopic (exact) mass is 353 g/mol. The quantitative estimate of drug-likeness (QED) is 0.738. The van der Waals surface area contributed by atoms with E-state index in [0.717, 1.165) is 19.3 Å². The number of carbonyl (C=O) groups excluding carboxylic acids is 2. The number of carbonyl (C=O) groups is 2. The zero-order chi connectivity index (χ0) is 17.5. The number of rotatable bonds is 7. The van der Waals surface area contributed by atoms with Gasteiger partial charge in [0.2, 0.25) is 5.91 Å². The zero-order valence-corrected chi connectivity index (χ0v) is 15.5. The van der Waals surface area contributed by atoms with Crippen LogP contribution in [-0.4, -0.2) is 36.7 Å². The maximum atomic E-state index is 12.2. The van der Waals surface area contributed by atoms with Gasteiger partial charge in [-0.25, -0.2) is 9.78 Å². The molecule has 2 N–H and O–H groups in total. The average molecular weight is 353 g/mol. The van der Waals surface area contributed by atoms with Gasteiger partial charge in [-0.3, -0.25) is 4.79 Å². The SMILES string of the molecule is COC(=O)N[C@H](C(=O)NCCCc1nc2c(s1)CCCC2)C(C)C. The fraction of sp³-hybridized carbons (Fsp3) is 0.706. The molecule has 2 amide bonds. The molecule has 0 fully saturated rings. The third-order valence-electron chi connectivity index (χ3n) is 4.16. The lowest BCUT2D eigenvalue weighted by atomic mass is 10.0. The Bertz CT molecular complexity index is 548. The minimum Gasteiger partial charge on any atom is -0.453 e. The van der Waals surface area contributed by atoms with E-state index in [0.29, 0.717) is 6.54 Å². The van der Waals surface area contributed by atoms with Crippen LogP contribution in [0.4, 0.5) is 4.79 Å². The van der Waals surface area contributed by atoms with E-state index in [9.17, 15) is 9.59 Å². The third kappa shape index (κ3) is 5.19. The molecule has 1 aliphatic rings. The van der Waals surface area contributed by atoms with Gasteiger partial charge in [0, 0.05) is 17.8 Å². The summed E-state index contributed by atoms with van der Waals surface area (Å²) >= 11 is 1.82. The van der Waals surface area contributed by atoms with Crippen LogP contribution in [0.1, 0.15) is 48.7 Å². The summed E-state index contributed by atoms with van der Waals surface area (Å²) in [5.41, 5.74) is 1.28. The Kier molecular flexibility index (Phi) is 7.02. The van der Waals surface area contributed by atoms with E-state index in [-0.39, 0.29) is 11.8 Å². The highest BCUT2D eigenvalue weighted by Crippen LogP contribution is 2.27. The second kappa shape index (κ2) is 9.01. The predicted molar refractivity (Wildman–Crippen MR) is 94.3 cm³/mol. The first-order chi connectivity index (χ1) is 11.5. The highest BCUT2D eigenvalue weighted by Gasteiger charge is 2.24. The first-order valence-electron chi connectivity index (χ1n) is 8.61. The van der Waals surface area contributed by atoms with E-state index in [4.69, 9.17) is 4.98 Å². The van der Waals surface area contributed by atoms with Gasteiger partial charge in [-0.05, 0) is 38.0 Å². The highest BCUT2D eigenvalue weighted by molar-refractivity contribution is 7.11. The van der Waals surface area contributed by atoms with Gasteiger partial charge in [0.1, 0.15) is 6.04 Å². The van der Waals surface area contributed by atoms with E-state index in [1.165, 1.54) is 42.0 Å². The maximum absolute atomic E-state index is 12.2. The molecule has 2 rings (SSSR count). The number of aryl methyl sites for hydroxylation is 3. The van der Waals surface area contributed by atoms with Crippen LogP contribution in [0.15, 0.2) is 0 Å². The summed E-state index contributed by atoms with van der Waals surface area (Å²) < 4.78 is 4.57. The Morgan fingerprint density at radius 3 is 2.71 bits per heavy atom. The second-order valence-electron chi connectivity index (χ2n) is 6.44. The molecule has 0 saturated heterocycles. The molecule has 0 spiro atoms. The van der Waals surface area contributed by atoms with Crippen molar-refractivity contribution in [1.82, 2.24) is 15.6 Å². The molecule has 0 saturated carbocycles. The Morgan fingerprint density at radius 2 is 2.04 bits per heavy atom. The summed E-state index contributed by atoms with van der Waals surface area (Å²) in [6.45, 7) is 4.36. The summed E-state index contributed by atoms with van der Waals surface area (Å²) in [7, 11) is 1.29. The summed E-state index contributed by atoms with van der Waals surface area (Å²) in [6.07, 6.45) is 5.94. The molecule has 1 aromatic rings. The average Bonchev–Trinajstić information content (AvgIpc) is 2.98. The van der Waals surface area contributed by atoms with Crippen LogP contribution in [-0.2, 0) is 28.8 Å². The van der Waals surface area contributed by atoms with Crippen molar-refractivity contribution < 1.29 is 14.3 Å². The first kappa shape index (κ1) is 18.7. The van der Waals surface area contributed by atoms with E-state index in [2.05, 4.69) is 15.4 Å². The van der Waals surface area contributed by atoms with Crippen LogP contribution >= 0.6 is 11.3 Å². The maximum Gasteiger partial charge on any atom is 0.407 e. The minimum absolute atomic E-state index is 0.00483. The summed E-state index contributed by atoms with van der Waals surface area (Å²) in [6, 6.07) is -0.579. The standard InChI is InChI=1S/C17H27N3O3S/c1-11(2)15(20-17(22)23-3)16(21)18-10-6-9-14-19-12-7-4-5-8-13(12)24-14/h11,15H,4-10H2,1-3H3,(H,18,21)(H,20,22)/t15-/m0/s1. The number of ether oxygens (including phenoxy) is 1. The van der Waals surface area contributed by atoms with Crippen molar-refractivity contribution in [1.29, 1.82) is 0 Å². The van der Waals surface area contributed by atoms with Crippen molar-refractivity contribution in [3.63, 3.8) is 0 Å². The number of aromatic nitrogens is 1. The zero-order valence-electron chi connectivity index (χ0n) is 14.7. The van der Waals surface area contributed by atoms with Crippen molar-refractivity contribution in [2.24, 2.45) is 5.92 Å². The molecule has 1 atom stereocenters. The summed E-state index contributed by atoms with van der Waals surface area (Å²) in [4.78, 5) is 29.7. The van der Waals surface area contributed by atoms with Gasteiger partial charge in [-0.15, -0.1) is 11.3 Å². The molecular formula is C17H27N3O3S. The van der Waals surface area contributed by atoms with Crippen molar-refractivity contribution in [2.75, 3.05) is 13.7 Å². The van der Waals surface area contributed by atoms with Crippen LogP contribution in [0.3, 0.4) is 0 Å². The van der Waals surface area contributed by atoms with Crippen LogP contribution in [0.25, 0.3) is 0 Å². The number of amides is 2. The molecule has 134 valence electrons. The predicted octanol–water partition coefficient (Wildman–Crippen LogP) is 2.45. The number of alkyl carbamates (subject to hydrolysis) is 1. The Morgan fingerprint density at radius 1 is 1.29 bits per heavy atom. The lowest BCUT2D eigenvalue weighted by Crippen LogP contribution is -2.49. The number of nitrogens with one attached hydrogen (secondary N) is 2. The van der Waals surface area contributed by atoms with Crippen molar-refractivity contribution in [3.05, 3.63) is 15.6 Å². The highest BCUT2D eigenvalue weighted by atomic mass is 32.1. The Hall–Kier alpha value is -1.63. The van der Waals surface area contributed by atoms with E-state index < -0.39 is 12.1 Å². The molecule has 1 aliphatic carbocycles. The van der Waals surface area contributed by atoms with Gasteiger partial charge in [-0.1, -0.05) is 13.8 Å². The van der Waals surface area contributed by atoms with Crippen LogP contribution in [0.2, 0.25) is 0 Å². The molecule has 1 aromatic heterocycles. The third-order valence-corrected chi connectivity index (χ3v) is 5.38. The van der Waals surface area contributed by atoms with Crippen molar-refractivity contribution in [3.8, 4) is 0 Å². The van der Waals surface area contributed by atoms with E-state index in [1.54, 1.807) is 0 Å². The molecule has 7 heteroatoms. The van der Waals surface area contributed by atoms with Gasteiger partial charge in [0.15, 0.2) is 0 Å². The van der Waals surface area contributed by atoms with Crippen LogP contribution in [0.5, 0.6) is 0 Å². The topological polar surface area (TPSA) is 80.3 Å². The van der Waals surface area contributed by atoms with Crippen LogP contribution in [0, 0.1) is 5.92 Å². The minimum atomic E-state index is -0.586. The van der Waals surface area contributed by atoms with Gasteiger partial charge >= 0.3 is 6.09 Å². The summed E-state index contributed by atoms with van der Waals surface area (Å²) in [5.74, 6) is -0.177. The van der Waals surface area contributed by atoms with Crippen molar-refractivity contribution >= 4 is 23.3 Å². The van der Waals surface area contributed by atoms with Gasteiger partial charge in [-0.2, -0.15) is 0 Å². The number of hydrogen-bond donors (Lipinski definition) is 2. The molecule has 0 aliphatic heterocycles. The Labute approximate surface area is 147 Å². The van der Waals surface area contributed by atoms with Gasteiger partial charge < -0.3 is 15.4 Å². The van der Waals surface area contributed by atoms with Crippen molar-refractivity contribution in [2.45, 2.75) is 58.4 Å². The van der Waals surface area contributed by atoms with Gasteiger partial charge in [0.05, 0.1) is 17.8 Å². The molecule has 6 nitrogen and oxygen atoms in total. The molecule has 1 heterocycles. The molecule has 24 heavy (non-hydrogen) atoms. The lowest BCUT2D eigenvalue weighted by molar-refractivity contribution is -0.124. The van der Waals surface area contributed by atoms with E-state index >= 15 is 0 Å².